The maximum atomic E-state index is 12.1. The number of aryl methyl sites for hydroxylation is 1. The average molecular weight is 343 g/mol. The number of nitrogens with one attached hydrogen (secondary N) is 2. The van der Waals surface area contributed by atoms with Gasteiger partial charge in [0, 0.05) is 26.2 Å². The molecule has 6 nitrogen and oxygen atoms in total. The number of ether oxygens (including phenoxy) is 1. The van der Waals surface area contributed by atoms with Gasteiger partial charge < -0.3 is 19.8 Å². The second-order valence-corrected chi connectivity index (χ2v) is 6.16. The van der Waals surface area contributed by atoms with Gasteiger partial charge in [0.05, 0.1) is 19.3 Å². The third-order valence-electron chi connectivity index (χ3n) is 4.33. The zero-order valence-corrected chi connectivity index (χ0v) is 14.5. The van der Waals surface area contributed by atoms with Gasteiger partial charge >= 0.3 is 6.03 Å². The second-order valence-electron chi connectivity index (χ2n) is 6.16. The highest BCUT2D eigenvalue weighted by molar-refractivity contribution is 5.73. The number of nitrogens with zero attached hydrogens (tertiary/aromatic N) is 1. The van der Waals surface area contributed by atoms with Gasteiger partial charge in [-0.15, -0.1) is 0 Å². The maximum absolute atomic E-state index is 12.1. The molecule has 0 spiro atoms. The highest BCUT2D eigenvalue weighted by Gasteiger charge is 2.25. The minimum atomic E-state index is -0.176. The van der Waals surface area contributed by atoms with Crippen LogP contribution in [0.4, 0.5) is 4.79 Å². The molecule has 2 heterocycles. The van der Waals surface area contributed by atoms with Crippen LogP contribution in [0.3, 0.4) is 0 Å². The van der Waals surface area contributed by atoms with Gasteiger partial charge in [0.25, 0.3) is 0 Å². The van der Waals surface area contributed by atoms with E-state index < -0.39 is 0 Å². The van der Waals surface area contributed by atoms with E-state index >= 15 is 0 Å². The first-order valence-corrected chi connectivity index (χ1v) is 8.66. The third kappa shape index (κ3) is 5.08. The summed E-state index contributed by atoms with van der Waals surface area (Å²) in [7, 11) is 0. The number of carbonyl (C=O) groups is 1. The summed E-state index contributed by atoms with van der Waals surface area (Å²) in [5.41, 5.74) is 1.07. The number of benzene rings is 1. The standard InChI is InChI=1S/C19H25N3O3/c1-15-7-8-18(25-15)17(22-9-11-24-12-10-22)14-21-19(23)20-13-16-5-3-2-4-6-16/h2-8,17H,9-14H2,1H3,(H2,20,21,23)/t17-/m1/s1. The first-order valence-electron chi connectivity index (χ1n) is 8.66. The van der Waals surface area contributed by atoms with Crippen LogP contribution in [0.5, 0.6) is 0 Å². The molecule has 134 valence electrons. The molecule has 1 aromatic heterocycles. The van der Waals surface area contributed by atoms with Gasteiger partial charge in [0.1, 0.15) is 11.5 Å². The summed E-state index contributed by atoms with van der Waals surface area (Å²) < 4.78 is 11.2. The summed E-state index contributed by atoms with van der Waals surface area (Å²) in [5.74, 6) is 1.75. The normalized spacial score (nSPS) is 16.4. The molecule has 6 heteroatoms. The number of morpholine rings is 1. The van der Waals surface area contributed by atoms with E-state index in [-0.39, 0.29) is 12.1 Å². The number of urea groups is 1. The Kier molecular flexibility index (Phi) is 6.09. The number of hydrogen-bond acceptors (Lipinski definition) is 4. The van der Waals surface area contributed by atoms with E-state index in [0.717, 1.165) is 30.2 Å². The summed E-state index contributed by atoms with van der Waals surface area (Å²) in [6.07, 6.45) is 0. The van der Waals surface area contributed by atoms with E-state index in [9.17, 15) is 4.79 Å². The minimum Gasteiger partial charge on any atom is -0.465 e. The van der Waals surface area contributed by atoms with Crippen LogP contribution >= 0.6 is 0 Å². The van der Waals surface area contributed by atoms with Crippen molar-refractivity contribution in [1.29, 1.82) is 0 Å². The van der Waals surface area contributed by atoms with Crippen molar-refractivity contribution in [2.45, 2.75) is 19.5 Å². The molecular weight excluding hydrogens is 318 g/mol. The number of amides is 2. The fourth-order valence-corrected chi connectivity index (χ4v) is 2.96. The monoisotopic (exact) mass is 343 g/mol. The van der Waals surface area contributed by atoms with E-state index in [1.165, 1.54) is 0 Å². The van der Waals surface area contributed by atoms with Crippen LogP contribution in [0.2, 0.25) is 0 Å². The van der Waals surface area contributed by atoms with Crippen LogP contribution in [0.25, 0.3) is 0 Å². The topological polar surface area (TPSA) is 66.7 Å². The quantitative estimate of drug-likeness (QED) is 0.845. The predicted octanol–water partition coefficient (Wildman–Crippen LogP) is 2.46. The van der Waals surface area contributed by atoms with Crippen molar-refractivity contribution in [3.8, 4) is 0 Å². The molecule has 0 bridgehead atoms. The Hall–Kier alpha value is -2.31. The zero-order valence-electron chi connectivity index (χ0n) is 14.5. The van der Waals surface area contributed by atoms with Gasteiger partial charge in [-0.3, -0.25) is 4.90 Å². The lowest BCUT2D eigenvalue weighted by molar-refractivity contribution is 0.0121. The molecule has 2 aromatic rings. The van der Waals surface area contributed by atoms with Crippen LogP contribution < -0.4 is 10.6 Å². The van der Waals surface area contributed by atoms with Crippen molar-refractivity contribution in [2.75, 3.05) is 32.8 Å². The SMILES string of the molecule is Cc1ccc([C@@H](CNC(=O)NCc2ccccc2)N2CCOCC2)o1. The number of carbonyl (C=O) groups excluding carboxylic acids is 1. The molecule has 1 aliphatic rings. The summed E-state index contributed by atoms with van der Waals surface area (Å²) in [6, 6.07) is 13.6. The van der Waals surface area contributed by atoms with Gasteiger partial charge in [0.2, 0.25) is 0 Å². The van der Waals surface area contributed by atoms with Gasteiger partial charge in [-0.2, -0.15) is 0 Å². The smallest absolute Gasteiger partial charge is 0.315 e. The van der Waals surface area contributed by atoms with Crippen molar-refractivity contribution >= 4 is 6.03 Å². The lowest BCUT2D eigenvalue weighted by Crippen LogP contribution is -2.45. The van der Waals surface area contributed by atoms with Crippen LogP contribution in [0.15, 0.2) is 46.9 Å². The molecule has 1 fully saturated rings. The average Bonchev–Trinajstić information content (AvgIpc) is 3.08. The van der Waals surface area contributed by atoms with Gasteiger partial charge in [-0.05, 0) is 24.6 Å². The molecule has 1 atom stereocenters. The molecule has 0 aliphatic carbocycles. The molecule has 25 heavy (non-hydrogen) atoms. The summed E-state index contributed by atoms with van der Waals surface area (Å²) in [4.78, 5) is 14.4. The Labute approximate surface area is 148 Å². The summed E-state index contributed by atoms with van der Waals surface area (Å²) >= 11 is 0. The fraction of sp³-hybridized carbons (Fsp3) is 0.421. The van der Waals surface area contributed by atoms with Gasteiger partial charge in [0.15, 0.2) is 0 Å². The Bertz CT molecular complexity index is 666. The van der Waals surface area contributed by atoms with E-state index in [1.807, 2.05) is 49.4 Å². The molecule has 1 aromatic carbocycles. The van der Waals surface area contributed by atoms with Crippen molar-refractivity contribution in [2.24, 2.45) is 0 Å². The molecular formula is C19H25N3O3. The van der Waals surface area contributed by atoms with Crippen molar-refractivity contribution in [3.05, 3.63) is 59.5 Å². The molecule has 0 unspecified atom stereocenters. The number of hydrogen-bond donors (Lipinski definition) is 2. The largest absolute Gasteiger partial charge is 0.465 e. The van der Waals surface area contributed by atoms with Crippen molar-refractivity contribution in [1.82, 2.24) is 15.5 Å². The fourth-order valence-electron chi connectivity index (χ4n) is 2.96. The summed E-state index contributed by atoms with van der Waals surface area (Å²) in [5, 5.41) is 5.86. The Morgan fingerprint density at radius 3 is 2.56 bits per heavy atom. The summed E-state index contributed by atoms with van der Waals surface area (Å²) in [6.45, 7) is 6.00. The highest BCUT2D eigenvalue weighted by Crippen LogP contribution is 2.23. The highest BCUT2D eigenvalue weighted by atomic mass is 16.5. The molecule has 2 N–H and O–H groups in total. The van der Waals surface area contributed by atoms with E-state index in [1.54, 1.807) is 0 Å². The van der Waals surface area contributed by atoms with E-state index in [2.05, 4.69) is 15.5 Å². The third-order valence-corrected chi connectivity index (χ3v) is 4.33. The Morgan fingerprint density at radius 2 is 1.88 bits per heavy atom. The van der Waals surface area contributed by atoms with Crippen molar-refractivity contribution < 1.29 is 13.9 Å². The molecule has 0 saturated carbocycles. The second kappa shape index (κ2) is 8.69. The molecule has 1 saturated heterocycles. The molecule has 0 radical (unpaired) electrons. The lowest BCUT2D eigenvalue weighted by Gasteiger charge is -2.33. The minimum absolute atomic E-state index is 0.0140. The number of furan rings is 1. The van der Waals surface area contributed by atoms with Crippen LogP contribution in [0.1, 0.15) is 23.1 Å². The van der Waals surface area contributed by atoms with E-state index in [4.69, 9.17) is 9.15 Å². The Morgan fingerprint density at radius 1 is 1.12 bits per heavy atom. The van der Waals surface area contributed by atoms with Gasteiger partial charge in [-0.1, -0.05) is 30.3 Å². The van der Waals surface area contributed by atoms with Crippen molar-refractivity contribution in [3.63, 3.8) is 0 Å². The van der Waals surface area contributed by atoms with Crippen LogP contribution in [-0.4, -0.2) is 43.8 Å². The molecule has 1 aliphatic heterocycles. The van der Waals surface area contributed by atoms with Crippen LogP contribution in [-0.2, 0) is 11.3 Å². The predicted molar refractivity (Wildman–Crippen MR) is 95.3 cm³/mol. The maximum Gasteiger partial charge on any atom is 0.315 e. The zero-order chi connectivity index (χ0) is 17.5. The van der Waals surface area contributed by atoms with Gasteiger partial charge in [-0.25, -0.2) is 4.79 Å². The first-order chi connectivity index (χ1) is 12.2. The molecule has 3 rings (SSSR count). The first kappa shape index (κ1) is 17.5. The van der Waals surface area contributed by atoms with Crippen LogP contribution in [0, 0.1) is 6.92 Å². The lowest BCUT2D eigenvalue weighted by atomic mass is 10.1. The van der Waals surface area contributed by atoms with E-state index in [0.29, 0.717) is 26.3 Å². The Balaban J connectivity index is 1.55. The molecule has 2 amide bonds. The number of rotatable bonds is 6.